The van der Waals surface area contributed by atoms with Crippen LogP contribution in [0.15, 0.2) is 206 Å². The first-order valence-electron chi connectivity index (χ1n) is 22.2. The van der Waals surface area contributed by atoms with Crippen molar-refractivity contribution < 1.29 is 4.74 Å². The maximum absolute atomic E-state index is 7.08. The number of fused-ring (bicyclic) bond motifs is 16. The van der Waals surface area contributed by atoms with Crippen molar-refractivity contribution in [3.05, 3.63) is 217 Å². The molecule has 1 aliphatic heterocycles. The fraction of sp³-hybridized carbons (Fsp3) is 0.0492. The van der Waals surface area contributed by atoms with Crippen LogP contribution in [0.3, 0.4) is 0 Å². The fourth-order valence-corrected chi connectivity index (χ4v) is 11.3. The van der Waals surface area contributed by atoms with E-state index in [4.69, 9.17) is 4.74 Å². The average molecular weight is 817 g/mol. The molecule has 0 unspecified atom stereocenters. The van der Waals surface area contributed by atoms with Gasteiger partial charge in [-0.25, -0.2) is 0 Å². The molecule has 0 radical (unpaired) electrons. The van der Waals surface area contributed by atoms with E-state index in [0.29, 0.717) is 0 Å². The van der Waals surface area contributed by atoms with Crippen LogP contribution in [-0.2, 0) is 5.41 Å². The number of para-hydroxylation sites is 1. The normalized spacial score (nSPS) is 13.7. The van der Waals surface area contributed by atoms with E-state index in [1.165, 1.54) is 76.4 Å². The van der Waals surface area contributed by atoms with E-state index in [0.717, 1.165) is 56.1 Å². The second-order valence-corrected chi connectivity index (χ2v) is 18.1. The Morgan fingerprint density at radius 1 is 0.375 bits per heavy atom. The van der Waals surface area contributed by atoms with Crippen LogP contribution in [0.1, 0.15) is 25.0 Å². The largest absolute Gasteiger partial charge is 0.452 e. The molecule has 0 saturated heterocycles. The van der Waals surface area contributed by atoms with Gasteiger partial charge in [0.25, 0.3) is 0 Å². The summed E-state index contributed by atoms with van der Waals surface area (Å²) < 4.78 is 9.53. The molecule has 12 aromatic rings. The quantitative estimate of drug-likeness (QED) is 0.165. The minimum Gasteiger partial charge on any atom is -0.452 e. The molecule has 2 heterocycles. The van der Waals surface area contributed by atoms with Crippen LogP contribution in [-0.4, -0.2) is 4.57 Å². The highest BCUT2D eigenvalue weighted by atomic mass is 16.5. The Kier molecular flexibility index (Phi) is 7.17. The summed E-state index contributed by atoms with van der Waals surface area (Å²) in [5, 5.41) is 12.4. The van der Waals surface area contributed by atoms with E-state index < -0.39 is 0 Å². The van der Waals surface area contributed by atoms with Crippen molar-refractivity contribution in [3.63, 3.8) is 0 Å². The van der Waals surface area contributed by atoms with Gasteiger partial charge in [-0.3, -0.25) is 0 Å². The summed E-state index contributed by atoms with van der Waals surface area (Å²) in [6.45, 7) is 4.70. The van der Waals surface area contributed by atoms with Gasteiger partial charge in [0.05, 0.1) is 22.4 Å². The third-order valence-electron chi connectivity index (χ3n) is 14.3. The smallest absolute Gasteiger partial charge is 0.159 e. The van der Waals surface area contributed by atoms with Crippen LogP contribution in [0.5, 0.6) is 11.5 Å². The molecular weight excluding hydrogens is 777 g/mol. The summed E-state index contributed by atoms with van der Waals surface area (Å²) in [6, 6.07) is 75.9. The zero-order valence-electron chi connectivity index (χ0n) is 35.4. The highest BCUT2D eigenvalue weighted by Crippen LogP contribution is 2.56. The van der Waals surface area contributed by atoms with Crippen LogP contribution in [0.4, 0.5) is 17.1 Å². The highest BCUT2D eigenvalue weighted by molar-refractivity contribution is 6.25. The van der Waals surface area contributed by atoms with Gasteiger partial charge in [-0.15, -0.1) is 0 Å². The zero-order chi connectivity index (χ0) is 42.3. The summed E-state index contributed by atoms with van der Waals surface area (Å²) in [5.74, 6) is 1.71. The molecule has 0 atom stereocenters. The molecule has 0 bridgehead atoms. The van der Waals surface area contributed by atoms with Crippen LogP contribution in [0, 0.1) is 0 Å². The van der Waals surface area contributed by atoms with Crippen LogP contribution >= 0.6 is 0 Å². The Morgan fingerprint density at radius 3 is 1.77 bits per heavy atom. The van der Waals surface area contributed by atoms with Gasteiger partial charge in [0.15, 0.2) is 11.5 Å². The predicted molar refractivity (Wildman–Crippen MR) is 269 cm³/mol. The number of aromatic nitrogens is 1. The minimum atomic E-state index is -0.122. The second kappa shape index (κ2) is 12.9. The second-order valence-electron chi connectivity index (χ2n) is 18.1. The van der Waals surface area contributed by atoms with Gasteiger partial charge in [-0.1, -0.05) is 166 Å². The molecule has 11 aromatic carbocycles. The molecule has 1 aromatic heterocycles. The number of hydrogen-bond acceptors (Lipinski definition) is 2. The summed E-state index contributed by atoms with van der Waals surface area (Å²) in [4.78, 5) is 2.40. The first-order valence-corrected chi connectivity index (χ1v) is 22.2. The van der Waals surface area contributed by atoms with Crippen molar-refractivity contribution in [2.45, 2.75) is 19.3 Å². The SMILES string of the molecule is CC1(C)c2ccccc2-c2ccc(N3c4ccc(-c5ccc6c7ccccc7n(-c7ccc8c9ccccc9c9ccccc9c8c7)c6c5)cc4Oc4c3ccc3ccccc43)cc21. The molecule has 14 rings (SSSR count). The van der Waals surface area contributed by atoms with E-state index in [1.54, 1.807) is 0 Å². The third-order valence-corrected chi connectivity index (χ3v) is 14.3. The van der Waals surface area contributed by atoms with Gasteiger partial charge in [-0.05, 0) is 126 Å². The molecule has 0 saturated carbocycles. The summed E-state index contributed by atoms with van der Waals surface area (Å²) >= 11 is 0. The Labute approximate surface area is 370 Å². The lowest BCUT2D eigenvalue weighted by atomic mass is 9.82. The van der Waals surface area contributed by atoms with Crippen molar-refractivity contribution in [1.29, 1.82) is 0 Å². The number of benzene rings is 11. The number of rotatable bonds is 3. The van der Waals surface area contributed by atoms with E-state index in [1.807, 2.05) is 0 Å². The molecule has 3 nitrogen and oxygen atoms in total. The molecule has 64 heavy (non-hydrogen) atoms. The molecular formula is C61H40N2O. The lowest BCUT2D eigenvalue weighted by Crippen LogP contribution is -2.18. The standard InChI is InChI=1S/C61H40N2O/c1-61(2)53-21-11-9-19-48(53)49-30-27-41(36-54(49)61)63-56-31-25-39(34-59(56)64-60-42-14-4-3-13-37(42)24-32-57(60)63)38-23-28-51-50-20-10-12-22-55(50)62(58(51)33-38)40-26-29-47-45-17-6-5-15-43(45)44-16-7-8-18-46(44)52(47)35-40/h3-36H,1-2H3. The van der Waals surface area contributed by atoms with Crippen molar-refractivity contribution >= 4 is 82.0 Å². The maximum atomic E-state index is 7.08. The molecule has 0 spiro atoms. The van der Waals surface area contributed by atoms with E-state index >= 15 is 0 Å². The number of ether oxygens (including phenoxy) is 1. The van der Waals surface area contributed by atoms with Gasteiger partial charge < -0.3 is 14.2 Å². The van der Waals surface area contributed by atoms with E-state index in [9.17, 15) is 0 Å². The maximum Gasteiger partial charge on any atom is 0.159 e. The van der Waals surface area contributed by atoms with Crippen LogP contribution in [0.2, 0.25) is 0 Å². The van der Waals surface area contributed by atoms with Crippen molar-refractivity contribution in [3.8, 4) is 39.4 Å². The molecule has 300 valence electrons. The monoisotopic (exact) mass is 816 g/mol. The number of nitrogens with zero attached hydrogens (tertiary/aromatic N) is 2. The Morgan fingerprint density at radius 2 is 0.953 bits per heavy atom. The van der Waals surface area contributed by atoms with E-state index in [2.05, 4.69) is 230 Å². The van der Waals surface area contributed by atoms with Gasteiger partial charge >= 0.3 is 0 Å². The summed E-state index contributed by atoms with van der Waals surface area (Å²) in [7, 11) is 0. The van der Waals surface area contributed by atoms with Crippen molar-refractivity contribution in [2.24, 2.45) is 0 Å². The molecule has 1 aliphatic carbocycles. The Balaban J connectivity index is 0.946. The van der Waals surface area contributed by atoms with E-state index in [-0.39, 0.29) is 5.41 Å². The van der Waals surface area contributed by atoms with Gasteiger partial charge in [-0.2, -0.15) is 0 Å². The lowest BCUT2D eigenvalue weighted by molar-refractivity contribution is 0.483. The molecule has 0 amide bonds. The first-order chi connectivity index (χ1) is 31.5. The molecule has 3 heteroatoms. The van der Waals surface area contributed by atoms with Crippen LogP contribution < -0.4 is 9.64 Å². The number of hydrogen-bond donors (Lipinski definition) is 0. The molecule has 2 aliphatic rings. The number of anilines is 3. The van der Waals surface area contributed by atoms with Crippen LogP contribution in [0.25, 0.3) is 92.8 Å². The van der Waals surface area contributed by atoms with Gasteiger partial charge in [0, 0.05) is 32.9 Å². The zero-order valence-corrected chi connectivity index (χ0v) is 35.4. The predicted octanol–water partition coefficient (Wildman–Crippen LogP) is 16.9. The lowest BCUT2D eigenvalue weighted by Gasteiger charge is -2.34. The fourth-order valence-electron chi connectivity index (χ4n) is 11.3. The van der Waals surface area contributed by atoms with Crippen molar-refractivity contribution in [1.82, 2.24) is 4.57 Å². The average Bonchev–Trinajstić information content (AvgIpc) is 3.80. The van der Waals surface area contributed by atoms with Crippen molar-refractivity contribution in [2.75, 3.05) is 4.90 Å². The Bertz CT molecular complexity index is 3950. The van der Waals surface area contributed by atoms with Gasteiger partial charge in [0.1, 0.15) is 0 Å². The minimum absolute atomic E-state index is 0.122. The topological polar surface area (TPSA) is 17.4 Å². The Hall–Kier alpha value is -8.14. The molecule has 0 N–H and O–H groups in total. The highest BCUT2D eigenvalue weighted by Gasteiger charge is 2.37. The summed E-state index contributed by atoms with van der Waals surface area (Å²) in [6.07, 6.45) is 0. The first kappa shape index (κ1) is 35.5. The molecule has 0 fully saturated rings. The summed E-state index contributed by atoms with van der Waals surface area (Å²) in [5.41, 5.74) is 14.1. The van der Waals surface area contributed by atoms with Gasteiger partial charge in [0.2, 0.25) is 0 Å². The third kappa shape index (κ3) is 4.87.